The van der Waals surface area contributed by atoms with Gasteiger partial charge in [0.25, 0.3) is 0 Å². The van der Waals surface area contributed by atoms with Crippen LogP contribution >= 0.6 is 0 Å². The van der Waals surface area contributed by atoms with Crippen LogP contribution in [0.3, 0.4) is 0 Å². The van der Waals surface area contributed by atoms with Crippen molar-refractivity contribution in [2.75, 3.05) is 33.6 Å². The number of ether oxygens (including phenoxy) is 1. The standard InChI is InChI=1S/C51H66N6O7.C45H58N6O5/c1-4-37-21-20-23-39(35-37)52-51(63)53-44(46(60)29-10-8-7-9-19-34-64-48(62)32-31-41(59)6-3)27-17-18-33-57-50-43-26-14-15-28-45(43)56(47(61)30-16-12-24-40(58)5-2)36-38-22-11-13-25-42(38)49(50)54-55-57;1-3-33-19-18-21-35(31-33)46-45(56)47-39(41(54)27-8-6-5-7-17-30-52)25-15-16-29-51-44-38-24-12-13-26-40(38)50(42(55)28-14-10-22-36(53)4-2)32-34-20-9-11-23-37(34)43(44)48-49-51/h11,13-15,20-23,25-26,28,35,44H,4-10,12,16-19,24,27,29-34,36H2,1-3H3,(H2,52,53,63);9,11-13,18-21,23-24,26,31,39,52H,3-8,10,14-17,22,25,27-30,32H2,1-2H3,(H2,46,47,56). The normalized spacial score (nSPS) is 12.3. The van der Waals surface area contributed by atoms with Gasteiger partial charge >= 0.3 is 18.0 Å². The molecule has 4 heterocycles. The zero-order chi connectivity index (χ0) is 85.4. The van der Waals surface area contributed by atoms with Gasteiger partial charge in [0.15, 0.2) is 11.6 Å². The number of rotatable bonds is 49. The maximum Gasteiger partial charge on any atom is 0.319 e. The summed E-state index contributed by atoms with van der Waals surface area (Å²) < 4.78 is 9.05. The van der Waals surface area contributed by atoms with Crippen molar-refractivity contribution in [1.29, 1.82) is 0 Å². The number of para-hydroxylation sites is 2. The van der Waals surface area contributed by atoms with Crippen LogP contribution < -0.4 is 31.1 Å². The van der Waals surface area contributed by atoms with Gasteiger partial charge in [0.1, 0.15) is 28.7 Å². The van der Waals surface area contributed by atoms with Crippen molar-refractivity contribution in [3.63, 3.8) is 0 Å². The summed E-state index contributed by atoms with van der Waals surface area (Å²) in [7, 11) is 0. The molecule has 24 heteroatoms. The summed E-state index contributed by atoms with van der Waals surface area (Å²) in [5.74, 6) is 0.128. The van der Waals surface area contributed by atoms with Crippen molar-refractivity contribution in [2.45, 2.75) is 285 Å². The molecular weight excluding hydrogens is 1510 g/mol. The van der Waals surface area contributed by atoms with Gasteiger partial charge in [-0.2, -0.15) is 0 Å². The zero-order valence-electron chi connectivity index (χ0n) is 71.1. The molecule has 0 aliphatic carbocycles. The summed E-state index contributed by atoms with van der Waals surface area (Å²) in [6.07, 6.45) is 20.3. The van der Waals surface area contributed by atoms with Gasteiger partial charge in [0.05, 0.1) is 61.0 Å². The molecule has 120 heavy (non-hydrogen) atoms. The van der Waals surface area contributed by atoms with Gasteiger partial charge in [-0.15, -0.1) is 10.2 Å². The van der Waals surface area contributed by atoms with Crippen LogP contribution in [-0.4, -0.2) is 119 Å². The third-order valence-electron chi connectivity index (χ3n) is 22.4. The molecule has 6 amide bonds. The number of aromatic nitrogens is 6. The Labute approximate surface area is 707 Å². The monoisotopic (exact) mass is 1640 g/mol. The summed E-state index contributed by atoms with van der Waals surface area (Å²) in [5, 5.41) is 39.5. The van der Waals surface area contributed by atoms with Crippen LogP contribution in [-0.2, 0) is 82.1 Å². The maximum atomic E-state index is 13.9. The van der Waals surface area contributed by atoms with Gasteiger partial charge in [-0.05, 0) is 161 Å². The highest BCUT2D eigenvalue weighted by molar-refractivity contribution is 6.02. The minimum Gasteiger partial charge on any atom is -0.466 e. The number of carbonyl (C=O) groups excluding carboxylic acids is 10. The Balaban J connectivity index is 0.000000275. The fraction of sp³-hybridized carbons (Fsp3) is 0.479. The molecule has 2 atom stereocenters. The number of unbranched alkanes of at least 4 members (excludes halogenated alkanes) is 12. The number of Topliss-reactive ketones (excluding diaryl/α,β-unsaturated/α-hetero) is 5. The second kappa shape index (κ2) is 50.1. The van der Waals surface area contributed by atoms with Crippen LogP contribution in [0.5, 0.6) is 0 Å². The number of hydrogen-bond donors (Lipinski definition) is 5. The van der Waals surface area contributed by atoms with Crippen molar-refractivity contribution < 1.29 is 57.8 Å². The van der Waals surface area contributed by atoms with E-state index in [4.69, 9.17) is 20.0 Å². The van der Waals surface area contributed by atoms with Crippen molar-refractivity contribution >= 4 is 81.5 Å². The summed E-state index contributed by atoms with van der Waals surface area (Å²) in [6.45, 7) is 11.9. The van der Waals surface area contributed by atoms with Crippen LogP contribution in [0.1, 0.15) is 256 Å². The number of nitrogens with one attached hydrogen (secondary N) is 4. The highest BCUT2D eigenvalue weighted by Crippen LogP contribution is 2.44. The largest absolute Gasteiger partial charge is 0.466 e. The molecule has 0 saturated heterocycles. The molecule has 2 aliphatic heterocycles. The molecule has 640 valence electrons. The smallest absolute Gasteiger partial charge is 0.319 e. The number of hydrogen-bond acceptors (Lipinski definition) is 16. The van der Waals surface area contributed by atoms with Gasteiger partial charge in [0, 0.05) is 118 Å². The van der Waals surface area contributed by atoms with Crippen LogP contribution in [0, 0.1) is 0 Å². The van der Waals surface area contributed by atoms with Gasteiger partial charge in [0.2, 0.25) is 11.8 Å². The Morgan fingerprint density at radius 3 is 1.23 bits per heavy atom. The molecule has 5 N–H and O–H groups in total. The SMILES string of the molecule is CCC(=O)CCCCC(=O)N1Cc2ccccc2-c2nnn(CCCCC(NC(=O)Nc3cccc(CC)c3)C(=O)CCCCCCCO)c2-c2ccccc21.CCC(=O)CCCCC(=O)N1Cc2ccccc2-c2nnn(CCCCC(NC(=O)Nc3cccc(CC)c3)C(=O)CCCCCCCOC(=O)CCC(=O)CC)c2-c2ccccc21. The van der Waals surface area contributed by atoms with E-state index in [0.717, 1.165) is 149 Å². The lowest BCUT2D eigenvalue weighted by molar-refractivity contribution is -0.145. The van der Waals surface area contributed by atoms with Crippen molar-refractivity contribution in [3.8, 4) is 45.0 Å². The van der Waals surface area contributed by atoms with E-state index in [0.29, 0.717) is 173 Å². The molecule has 10 rings (SSSR count). The number of fused-ring (bicyclic) bond motifs is 10. The van der Waals surface area contributed by atoms with Gasteiger partial charge < -0.3 is 40.9 Å². The lowest BCUT2D eigenvalue weighted by Crippen LogP contribution is -2.43. The molecule has 24 nitrogen and oxygen atoms in total. The van der Waals surface area contributed by atoms with E-state index in [-0.39, 0.29) is 66.1 Å². The molecule has 0 saturated carbocycles. The number of urea groups is 2. The lowest BCUT2D eigenvalue weighted by Gasteiger charge is -2.29. The van der Waals surface area contributed by atoms with E-state index in [1.807, 2.05) is 179 Å². The van der Waals surface area contributed by atoms with Crippen LogP contribution in [0.4, 0.5) is 32.3 Å². The molecule has 0 spiro atoms. The van der Waals surface area contributed by atoms with E-state index < -0.39 is 24.1 Å². The molecule has 0 bridgehead atoms. The quantitative estimate of drug-likeness (QED) is 0.0175. The molecule has 6 aromatic carbocycles. The second-order valence-electron chi connectivity index (χ2n) is 31.2. The second-order valence-corrected chi connectivity index (χ2v) is 31.2. The fourth-order valence-electron chi connectivity index (χ4n) is 15.3. The van der Waals surface area contributed by atoms with Crippen molar-refractivity contribution in [3.05, 3.63) is 168 Å². The van der Waals surface area contributed by atoms with E-state index in [9.17, 15) is 47.9 Å². The number of aliphatic hydroxyl groups is 1. The van der Waals surface area contributed by atoms with Crippen LogP contribution in [0.2, 0.25) is 0 Å². The first-order valence-electron chi connectivity index (χ1n) is 44.0. The Kier molecular flexibility index (Phi) is 38.7. The highest BCUT2D eigenvalue weighted by Gasteiger charge is 2.32. The van der Waals surface area contributed by atoms with E-state index >= 15 is 0 Å². The Morgan fingerprint density at radius 1 is 0.400 bits per heavy atom. The summed E-state index contributed by atoms with van der Waals surface area (Å²) >= 11 is 0. The summed E-state index contributed by atoms with van der Waals surface area (Å²) in [5.41, 5.74) is 13.8. The molecule has 2 unspecified atom stereocenters. The Bertz CT molecular complexity index is 4700. The molecule has 2 aromatic heterocycles. The van der Waals surface area contributed by atoms with Gasteiger partial charge in [-0.1, -0.05) is 193 Å². The number of aryl methyl sites for hydroxylation is 4. The number of nitrogens with zero attached hydrogens (tertiary/aromatic N) is 8. The summed E-state index contributed by atoms with van der Waals surface area (Å²) in [4.78, 5) is 132. The van der Waals surface area contributed by atoms with Crippen LogP contribution in [0.25, 0.3) is 45.0 Å². The molecular formula is C96H124N12O12. The van der Waals surface area contributed by atoms with Crippen LogP contribution in [0.15, 0.2) is 146 Å². The Hall–Kier alpha value is -11.1. The number of carbonyl (C=O) groups is 10. The number of aliphatic hydroxyl groups excluding tert-OH is 1. The first kappa shape index (κ1) is 92.7. The summed E-state index contributed by atoms with van der Waals surface area (Å²) in [6, 6.07) is 44.9. The average molecular weight is 1640 g/mol. The first-order chi connectivity index (χ1) is 58.4. The number of amides is 6. The molecule has 8 aromatic rings. The highest BCUT2D eigenvalue weighted by atomic mass is 16.5. The number of benzene rings is 6. The number of esters is 1. The third kappa shape index (κ3) is 28.5. The Morgan fingerprint density at radius 2 is 0.792 bits per heavy atom. The lowest BCUT2D eigenvalue weighted by atomic mass is 9.95. The van der Waals surface area contributed by atoms with Gasteiger partial charge in [-0.25, -0.2) is 19.0 Å². The minimum atomic E-state index is -0.683. The third-order valence-corrected chi connectivity index (χ3v) is 22.4. The molecule has 2 aliphatic rings. The predicted molar refractivity (Wildman–Crippen MR) is 471 cm³/mol. The maximum absolute atomic E-state index is 13.9. The van der Waals surface area contributed by atoms with E-state index in [2.05, 4.69) is 45.5 Å². The van der Waals surface area contributed by atoms with Crippen molar-refractivity contribution in [1.82, 2.24) is 40.6 Å². The van der Waals surface area contributed by atoms with E-state index in [1.54, 1.807) is 6.92 Å². The predicted octanol–water partition coefficient (Wildman–Crippen LogP) is 19.0. The number of ketones is 5. The van der Waals surface area contributed by atoms with Gasteiger partial charge in [-0.3, -0.25) is 38.4 Å². The zero-order valence-corrected chi connectivity index (χ0v) is 71.1. The minimum absolute atomic E-state index is 0.00440. The van der Waals surface area contributed by atoms with Crippen molar-refractivity contribution in [2.24, 2.45) is 0 Å². The molecule has 0 radical (unpaired) electrons. The molecule has 0 fully saturated rings. The average Bonchev–Trinajstić information content (AvgIpc) is 1.27. The fourth-order valence-corrected chi connectivity index (χ4v) is 15.3. The van der Waals surface area contributed by atoms with E-state index in [1.165, 1.54) is 0 Å². The number of anilines is 4. The first-order valence-corrected chi connectivity index (χ1v) is 44.0. The topological polar surface area (TPSA) is 316 Å².